The summed E-state index contributed by atoms with van der Waals surface area (Å²) < 4.78 is 3.77. The van der Waals surface area contributed by atoms with E-state index in [1.165, 1.54) is 0 Å². The van der Waals surface area contributed by atoms with Crippen molar-refractivity contribution < 1.29 is 0 Å². The first-order chi connectivity index (χ1) is 17.5. The number of anilines is 1. The molecule has 1 saturated heterocycles. The van der Waals surface area contributed by atoms with Gasteiger partial charge in [-0.3, -0.25) is 4.79 Å². The van der Waals surface area contributed by atoms with Crippen LogP contribution in [0.15, 0.2) is 77.6 Å². The number of rotatable bonds is 4. The van der Waals surface area contributed by atoms with E-state index < -0.39 is 0 Å². The van der Waals surface area contributed by atoms with E-state index in [4.69, 9.17) is 22.3 Å². The van der Waals surface area contributed by atoms with Crippen LogP contribution in [-0.2, 0) is 13.6 Å². The van der Waals surface area contributed by atoms with Crippen LogP contribution in [-0.4, -0.2) is 33.2 Å². The molecule has 6 nitrogen and oxygen atoms in total. The molecule has 3 aromatic carbocycles. The number of aromatic nitrogens is 3. The number of halogens is 1. The van der Waals surface area contributed by atoms with Gasteiger partial charge in [0.2, 0.25) is 5.95 Å². The van der Waals surface area contributed by atoms with E-state index >= 15 is 0 Å². The van der Waals surface area contributed by atoms with Gasteiger partial charge < -0.3 is 19.8 Å². The molecule has 0 unspecified atom stereocenters. The monoisotopic (exact) mass is 497 g/mol. The van der Waals surface area contributed by atoms with Crippen molar-refractivity contribution in [3.8, 4) is 11.1 Å². The highest BCUT2D eigenvalue weighted by Crippen LogP contribution is 2.32. The van der Waals surface area contributed by atoms with E-state index in [0.717, 1.165) is 52.9 Å². The minimum Gasteiger partial charge on any atom is -0.341 e. The van der Waals surface area contributed by atoms with Crippen molar-refractivity contribution in [1.82, 2.24) is 14.1 Å². The summed E-state index contributed by atoms with van der Waals surface area (Å²) in [5.41, 5.74) is 11.5. The lowest BCUT2D eigenvalue weighted by Crippen LogP contribution is -2.44. The maximum atomic E-state index is 13.9. The van der Waals surface area contributed by atoms with Gasteiger partial charge in [0.1, 0.15) is 11.0 Å². The Morgan fingerprint density at radius 1 is 1.03 bits per heavy atom. The van der Waals surface area contributed by atoms with Crippen LogP contribution >= 0.6 is 11.6 Å². The molecule has 5 aromatic rings. The van der Waals surface area contributed by atoms with Gasteiger partial charge in [-0.1, -0.05) is 72.3 Å². The topological polar surface area (TPSA) is 69.1 Å². The van der Waals surface area contributed by atoms with Gasteiger partial charge in [0.05, 0.1) is 12.1 Å². The van der Waals surface area contributed by atoms with E-state index in [1.807, 2.05) is 54.1 Å². The van der Waals surface area contributed by atoms with Crippen LogP contribution in [0.3, 0.4) is 0 Å². The Hall–Kier alpha value is -3.61. The van der Waals surface area contributed by atoms with E-state index in [9.17, 15) is 4.79 Å². The highest BCUT2D eigenvalue weighted by atomic mass is 35.5. The van der Waals surface area contributed by atoms with Crippen molar-refractivity contribution in [3.05, 3.63) is 93.7 Å². The minimum absolute atomic E-state index is 0.0742. The van der Waals surface area contributed by atoms with Gasteiger partial charge >= 0.3 is 0 Å². The number of imidazole rings is 1. The van der Waals surface area contributed by atoms with Crippen molar-refractivity contribution in [1.29, 1.82) is 0 Å². The standard InChI is InChI=1S/C29H28ClN5O/c1-33-25-16-20(19-8-3-2-4-9-19)13-14-23(25)26-27(28(33)36)35(17-21-10-5-6-12-24(21)30)29(32-26)34-15-7-11-22(31)18-34/h2-6,8-10,12-14,16,22H,7,11,15,17-18,31H2,1H3/t22-/m1/s1. The molecule has 0 radical (unpaired) electrons. The highest BCUT2D eigenvalue weighted by molar-refractivity contribution is 6.31. The molecule has 0 amide bonds. The zero-order valence-corrected chi connectivity index (χ0v) is 20.9. The molecule has 3 heterocycles. The zero-order valence-electron chi connectivity index (χ0n) is 20.2. The summed E-state index contributed by atoms with van der Waals surface area (Å²) in [6.07, 6.45) is 1.99. The van der Waals surface area contributed by atoms with Gasteiger partial charge in [-0.2, -0.15) is 0 Å². The van der Waals surface area contributed by atoms with Crippen molar-refractivity contribution in [2.24, 2.45) is 12.8 Å². The van der Waals surface area contributed by atoms with Gasteiger partial charge in [0.15, 0.2) is 0 Å². The number of fused-ring (bicyclic) bond motifs is 3. The van der Waals surface area contributed by atoms with Gasteiger partial charge in [0, 0.05) is 36.6 Å². The van der Waals surface area contributed by atoms with Gasteiger partial charge in [-0.15, -0.1) is 0 Å². The quantitative estimate of drug-likeness (QED) is 0.371. The van der Waals surface area contributed by atoms with Gasteiger partial charge in [-0.05, 0) is 41.7 Å². The Kier molecular flexibility index (Phi) is 5.78. The Balaban J connectivity index is 1.61. The van der Waals surface area contributed by atoms with E-state index in [0.29, 0.717) is 29.1 Å². The second-order valence-electron chi connectivity index (χ2n) is 9.60. The van der Waals surface area contributed by atoms with Crippen molar-refractivity contribution in [2.75, 3.05) is 18.0 Å². The normalized spacial score (nSPS) is 16.2. The zero-order chi connectivity index (χ0) is 24.8. The molecule has 1 aliphatic heterocycles. The minimum atomic E-state index is -0.0742. The van der Waals surface area contributed by atoms with Crippen LogP contribution in [0.2, 0.25) is 5.02 Å². The molecule has 1 atom stereocenters. The lowest BCUT2D eigenvalue weighted by atomic mass is 10.0. The smallest absolute Gasteiger partial charge is 0.277 e. The predicted octanol–water partition coefficient (Wildman–Crippen LogP) is 5.18. The summed E-state index contributed by atoms with van der Waals surface area (Å²) in [5, 5.41) is 1.62. The third-order valence-electron chi connectivity index (χ3n) is 7.20. The van der Waals surface area contributed by atoms with E-state index in [1.54, 1.807) is 4.57 Å². The molecule has 0 saturated carbocycles. The molecule has 182 valence electrons. The van der Waals surface area contributed by atoms with Crippen LogP contribution in [0.1, 0.15) is 18.4 Å². The lowest BCUT2D eigenvalue weighted by molar-refractivity contribution is 0.495. The van der Waals surface area contributed by atoms with Gasteiger partial charge in [0.25, 0.3) is 5.56 Å². The third-order valence-corrected chi connectivity index (χ3v) is 7.57. The van der Waals surface area contributed by atoms with Crippen molar-refractivity contribution in [3.63, 3.8) is 0 Å². The second kappa shape index (κ2) is 9.12. The average Bonchev–Trinajstić information content (AvgIpc) is 3.28. The first-order valence-corrected chi connectivity index (χ1v) is 12.7. The predicted molar refractivity (Wildman–Crippen MR) is 148 cm³/mol. The lowest BCUT2D eigenvalue weighted by Gasteiger charge is -2.32. The molecule has 1 aliphatic rings. The summed E-state index contributed by atoms with van der Waals surface area (Å²) in [5.74, 6) is 0.775. The SMILES string of the molecule is Cn1c(=O)c2c(nc(N3CCC[C@@H](N)C3)n2Cc2ccccc2Cl)c2ccc(-c3ccccc3)cc21. The molecule has 2 aromatic heterocycles. The Labute approximate surface area is 214 Å². The first-order valence-electron chi connectivity index (χ1n) is 12.3. The number of piperidine rings is 1. The molecule has 0 aliphatic carbocycles. The fourth-order valence-electron chi connectivity index (χ4n) is 5.31. The molecule has 6 rings (SSSR count). The number of pyridine rings is 1. The third kappa shape index (κ3) is 3.87. The number of hydrogen-bond donors (Lipinski definition) is 1. The maximum absolute atomic E-state index is 13.9. The van der Waals surface area contributed by atoms with Gasteiger partial charge in [-0.25, -0.2) is 4.98 Å². The Morgan fingerprint density at radius 3 is 2.58 bits per heavy atom. The summed E-state index contributed by atoms with van der Waals surface area (Å²) in [7, 11) is 1.84. The first kappa shape index (κ1) is 22.8. The molecule has 0 spiro atoms. The molecule has 0 bridgehead atoms. The number of benzene rings is 3. The molecule has 7 heteroatoms. The summed E-state index contributed by atoms with van der Waals surface area (Å²) in [6, 6.07) is 24.3. The average molecular weight is 498 g/mol. The Bertz CT molecular complexity index is 1640. The number of hydrogen-bond acceptors (Lipinski definition) is 4. The molecule has 36 heavy (non-hydrogen) atoms. The summed E-state index contributed by atoms with van der Waals surface area (Å²) in [6.45, 7) is 2.03. The van der Waals surface area contributed by atoms with E-state index in [-0.39, 0.29) is 11.6 Å². The maximum Gasteiger partial charge on any atom is 0.277 e. The van der Waals surface area contributed by atoms with E-state index in [2.05, 4.69) is 35.2 Å². The number of nitrogens with zero attached hydrogens (tertiary/aromatic N) is 4. The molecular weight excluding hydrogens is 470 g/mol. The second-order valence-corrected chi connectivity index (χ2v) is 10.0. The number of nitrogens with two attached hydrogens (primary N) is 1. The summed E-state index contributed by atoms with van der Waals surface area (Å²) >= 11 is 6.54. The number of aryl methyl sites for hydroxylation is 1. The fraction of sp³-hybridized carbons (Fsp3) is 0.241. The van der Waals surface area contributed by atoms with Crippen LogP contribution in [0.4, 0.5) is 5.95 Å². The fourth-order valence-corrected chi connectivity index (χ4v) is 5.51. The molecule has 1 fully saturated rings. The van der Waals surface area contributed by atoms with Crippen molar-refractivity contribution >= 4 is 39.5 Å². The highest BCUT2D eigenvalue weighted by Gasteiger charge is 2.26. The van der Waals surface area contributed by atoms with Crippen LogP contribution in [0.5, 0.6) is 0 Å². The Morgan fingerprint density at radius 2 is 1.81 bits per heavy atom. The molecule has 2 N–H and O–H groups in total. The van der Waals surface area contributed by atoms with Crippen LogP contribution < -0.4 is 16.2 Å². The largest absolute Gasteiger partial charge is 0.341 e. The van der Waals surface area contributed by atoms with Crippen LogP contribution in [0, 0.1) is 0 Å². The van der Waals surface area contributed by atoms with Crippen LogP contribution in [0.25, 0.3) is 33.1 Å². The summed E-state index contributed by atoms with van der Waals surface area (Å²) in [4.78, 5) is 21.2. The molecular formula is C29H28ClN5O. The van der Waals surface area contributed by atoms with Crippen molar-refractivity contribution in [2.45, 2.75) is 25.4 Å².